The Labute approximate surface area is 106 Å². The lowest BCUT2D eigenvalue weighted by molar-refractivity contribution is 0.0527. The van der Waals surface area contributed by atoms with Gasteiger partial charge in [0.1, 0.15) is 0 Å². The van der Waals surface area contributed by atoms with Crippen molar-refractivity contribution in [2.24, 2.45) is 7.05 Å². The number of carbonyl (C=O) groups is 1. The molecule has 5 heteroatoms. The van der Waals surface area contributed by atoms with Crippen LogP contribution in [-0.2, 0) is 18.3 Å². The molecule has 0 atom stereocenters. The number of aryl methyl sites for hydroxylation is 1. The molecule has 0 aliphatic rings. The lowest BCUT2D eigenvalue weighted by Gasteiger charge is -2.06. The molecule has 18 heavy (non-hydrogen) atoms. The molecule has 96 valence electrons. The Morgan fingerprint density at radius 1 is 1.56 bits per heavy atom. The Kier molecular flexibility index (Phi) is 3.62. The van der Waals surface area contributed by atoms with E-state index in [1.165, 1.54) is 0 Å². The topological polar surface area (TPSA) is 56.1 Å². The van der Waals surface area contributed by atoms with Gasteiger partial charge in [-0.3, -0.25) is 4.98 Å². The molecule has 5 nitrogen and oxygen atoms in total. The summed E-state index contributed by atoms with van der Waals surface area (Å²) in [5, 5.41) is 3.96. The van der Waals surface area contributed by atoms with Crippen LogP contribution in [0.15, 0.2) is 18.5 Å². The zero-order chi connectivity index (χ0) is 13.1. The van der Waals surface area contributed by atoms with Gasteiger partial charge in [-0.15, -0.1) is 0 Å². The van der Waals surface area contributed by atoms with Crippen LogP contribution in [0.4, 0.5) is 0 Å². The molecule has 0 saturated carbocycles. The van der Waals surface area contributed by atoms with Crippen molar-refractivity contribution < 1.29 is 9.53 Å². The molecule has 0 aliphatic heterocycles. The van der Waals surface area contributed by atoms with E-state index in [0.29, 0.717) is 18.7 Å². The Hall–Kier alpha value is -1.88. The van der Waals surface area contributed by atoms with Crippen LogP contribution in [0.2, 0.25) is 0 Å². The third-order valence-electron chi connectivity index (χ3n) is 2.95. The summed E-state index contributed by atoms with van der Waals surface area (Å²) in [5.74, 6) is -0.278. The van der Waals surface area contributed by atoms with E-state index in [9.17, 15) is 4.79 Å². The quantitative estimate of drug-likeness (QED) is 0.831. The second-order valence-electron chi connectivity index (χ2n) is 4.02. The third-order valence-corrected chi connectivity index (χ3v) is 2.95. The number of carbonyl (C=O) groups excluding carboxylic acids is 1. The van der Waals surface area contributed by atoms with E-state index in [1.807, 2.05) is 31.7 Å². The number of aromatic nitrogens is 2. The molecule has 0 spiro atoms. The number of rotatable bonds is 4. The molecule has 0 amide bonds. The summed E-state index contributed by atoms with van der Waals surface area (Å²) in [5.41, 5.74) is 2.48. The number of hydrogen-bond acceptors (Lipinski definition) is 4. The maximum atomic E-state index is 12.1. The van der Waals surface area contributed by atoms with Crippen LogP contribution in [0.5, 0.6) is 0 Å². The molecule has 2 aromatic heterocycles. The van der Waals surface area contributed by atoms with Gasteiger partial charge >= 0.3 is 5.97 Å². The maximum Gasteiger partial charge on any atom is 0.340 e. The third kappa shape index (κ3) is 1.97. The molecule has 1 N–H and O–H groups in total. The molecule has 0 fully saturated rings. The van der Waals surface area contributed by atoms with Crippen molar-refractivity contribution in [1.29, 1.82) is 0 Å². The minimum absolute atomic E-state index is 0.278. The first kappa shape index (κ1) is 12.6. The van der Waals surface area contributed by atoms with Crippen molar-refractivity contribution in [2.75, 3.05) is 13.7 Å². The van der Waals surface area contributed by atoms with Gasteiger partial charge < -0.3 is 14.6 Å². The lowest BCUT2D eigenvalue weighted by Crippen LogP contribution is -2.14. The Morgan fingerprint density at radius 2 is 2.33 bits per heavy atom. The second-order valence-corrected chi connectivity index (χ2v) is 4.02. The van der Waals surface area contributed by atoms with Crippen molar-refractivity contribution in [3.8, 4) is 0 Å². The molecular weight excluding hydrogens is 230 g/mol. The van der Waals surface area contributed by atoms with Crippen molar-refractivity contribution in [3.63, 3.8) is 0 Å². The summed E-state index contributed by atoms with van der Waals surface area (Å²) >= 11 is 0. The van der Waals surface area contributed by atoms with E-state index in [2.05, 4.69) is 10.3 Å². The van der Waals surface area contributed by atoms with Gasteiger partial charge in [-0.1, -0.05) is 0 Å². The highest BCUT2D eigenvalue weighted by molar-refractivity contribution is 6.05. The fraction of sp³-hybridized carbons (Fsp3) is 0.385. The van der Waals surface area contributed by atoms with Crippen LogP contribution >= 0.6 is 0 Å². The summed E-state index contributed by atoms with van der Waals surface area (Å²) in [6.07, 6.45) is 3.45. The average Bonchev–Trinajstić information content (AvgIpc) is 2.65. The highest BCUT2D eigenvalue weighted by atomic mass is 16.5. The second kappa shape index (κ2) is 5.18. The van der Waals surface area contributed by atoms with E-state index >= 15 is 0 Å². The highest BCUT2D eigenvalue weighted by Crippen LogP contribution is 2.25. The van der Waals surface area contributed by atoms with Crippen molar-refractivity contribution in [3.05, 3.63) is 29.7 Å². The summed E-state index contributed by atoms with van der Waals surface area (Å²) in [6, 6.07) is 1.85. The summed E-state index contributed by atoms with van der Waals surface area (Å²) in [6.45, 7) is 2.79. The van der Waals surface area contributed by atoms with Gasteiger partial charge in [0.05, 0.1) is 23.9 Å². The predicted molar refractivity (Wildman–Crippen MR) is 69.4 cm³/mol. The summed E-state index contributed by atoms with van der Waals surface area (Å²) in [4.78, 5) is 16.2. The molecule has 0 radical (unpaired) electrons. The molecule has 2 heterocycles. The van der Waals surface area contributed by atoms with Crippen LogP contribution < -0.4 is 5.32 Å². The van der Waals surface area contributed by atoms with Gasteiger partial charge in [0.2, 0.25) is 0 Å². The predicted octanol–water partition coefficient (Wildman–Crippen LogP) is 1.47. The number of nitrogens with one attached hydrogen (secondary N) is 1. The van der Waals surface area contributed by atoms with Crippen molar-refractivity contribution in [2.45, 2.75) is 13.5 Å². The summed E-state index contributed by atoms with van der Waals surface area (Å²) < 4.78 is 7.11. The Balaban J connectivity index is 2.66. The minimum Gasteiger partial charge on any atom is -0.462 e. The SMILES string of the molecule is CCOC(=O)c1c(CNC)n(C)c2cnccc12. The number of ether oxygens (including phenoxy) is 1. The van der Waals surface area contributed by atoms with E-state index < -0.39 is 0 Å². The Morgan fingerprint density at radius 3 is 3.00 bits per heavy atom. The molecule has 0 bridgehead atoms. The number of hydrogen-bond donors (Lipinski definition) is 1. The van der Waals surface area contributed by atoms with E-state index in [0.717, 1.165) is 16.6 Å². The first-order chi connectivity index (χ1) is 8.70. The van der Waals surface area contributed by atoms with Crippen LogP contribution in [0.1, 0.15) is 23.0 Å². The minimum atomic E-state index is -0.278. The lowest BCUT2D eigenvalue weighted by atomic mass is 10.1. The van der Waals surface area contributed by atoms with Gasteiger partial charge in [0.15, 0.2) is 0 Å². The molecular formula is C13H17N3O2. The zero-order valence-electron chi connectivity index (χ0n) is 10.9. The number of pyridine rings is 1. The van der Waals surface area contributed by atoms with Crippen LogP contribution in [0, 0.1) is 0 Å². The molecule has 2 aromatic rings. The van der Waals surface area contributed by atoms with Gasteiger partial charge in [-0.25, -0.2) is 4.79 Å². The monoisotopic (exact) mass is 247 g/mol. The highest BCUT2D eigenvalue weighted by Gasteiger charge is 2.21. The van der Waals surface area contributed by atoms with E-state index in [1.54, 1.807) is 12.4 Å². The maximum absolute atomic E-state index is 12.1. The molecule has 0 saturated heterocycles. The molecule has 2 rings (SSSR count). The van der Waals surface area contributed by atoms with Crippen molar-refractivity contribution >= 4 is 16.9 Å². The first-order valence-corrected chi connectivity index (χ1v) is 5.93. The van der Waals surface area contributed by atoms with Crippen LogP contribution in [-0.4, -0.2) is 29.2 Å². The van der Waals surface area contributed by atoms with E-state index in [4.69, 9.17) is 4.74 Å². The van der Waals surface area contributed by atoms with Crippen LogP contribution in [0.25, 0.3) is 10.9 Å². The van der Waals surface area contributed by atoms with Gasteiger partial charge in [-0.05, 0) is 20.0 Å². The average molecular weight is 247 g/mol. The molecule has 0 unspecified atom stereocenters. The normalized spacial score (nSPS) is 10.8. The Bertz CT molecular complexity index is 575. The zero-order valence-corrected chi connectivity index (χ0v) is 10.9. The fourth-order valence-electron chi connectivity index (χ4n) is 2.14. The van der Waals surface area contributed by atoms with Crippen LogP contribution in [0.3, 0.4) is 0 Å². The summed E-state index contributed by atoms with van der Waals surface area (Å²) in [7, 11) is 3.78. The smallest absolute Gasteiger partial charge is 0.340 e. The van der Waals surface area contributed by atoms with Gasteiger partial charge in [0.25, 0.3) is 0 Å². The molecule has 0 aromatic carbocycles. The fourth-order valence-corrected chi connectivity index (χ4v) is 2.14. The number of fused-ring (bicyclic) bond motifs is 1. The van der Waals surface area contributed by atoms with Gasteiger partial charge in [-0.2, -0.15) is 0 Å². The number of nitrogens with zero attached hydrogens (tertiary/aromatic N) is 2. The van der Waals surface area contributed by atoms with E-state index in [-0.39, 0.29) is 5.97 Å². The molecule has 0 aliphatic carbocycles. The van der Waals surface area contributed by atoms with Gasteiger partial charge in [0, 0.05) is 30.9 Å². The first-order valence-electron chi connectivity index (χ1n) is 5.93. The number of esters is 1. The largest absolute Gasteiger partial charge is 0.462 e. The van der Waals surface area contributed by atoms with Crippen molar-refractivity contribution in [1.82, 2.24) is 14.9 Å². The standard InChI is InChI=1S/C13H17N3O2/c1-4-18-13(17)12-9-5-6-15-8-10(9)16(3)11(12)7-14-2/h5-6,8,14H,4,7H2,1-3H3.